The van der Waals surface area contributed by atoms with Crippen LogP contribution < -0.4 is 0 Å². The topological polar surface area (TPSA) is 44.1 Å². The van der Waals surface area contributed by atoms with E-state index in [4.69, 9.17) is 28.5 Å². The molecule has 3 nitrogen and oxygen atoms in total. The largest absolute Gasteiger partial charge is 0.322 e. The molecule has 1 aliphatic rings. The Kier molecular flexibility index (Phi) is 4.68. The van der Waals surface area contributed by atoms with Gasteiger partial charge in [-0.05, 0) is 31.0 Å². The maximum Gasteiger partial charge on any atom is 0.255 e. The van der Waals surface area contributed by atoms with Gasteiger partial charge in [0, 0.05) is 11.6 Å². The number of nitrogens with zero attached hydrogens (tertiary/aromatic N) is 2. The average Bonchev–Trinajstić information content (AvgIpc) is 2.92. The van der Waals surface area contributed by atoms with Crippen molar-refractivity contribution in [2.24, 2.45) is 0 Å². The highest BCUT2D eigenvalue weighted by Crippen LogP contribution is 2.27. The van der Waals surface area contributed by atoms with Crippen LogP contribution in [-0.2, 0) is 0 Å². The number of carbonyl (C=O) groups is 1. The first-order chi connectivity index (χ1) is 9.13. The summed E-state index contributed by atoms with van der Waals surface area (Å²) in [6, 6.07) is 7.05. The van der Waals surface area contributed by atoms with Gasteiger partial charge in [0.2, 0.25) is 0 Å². The molecule has 0 heterocycles. The fourth-order valence-electron chi connectivity index (χ4n) is 2.45. The first kappa shape index (κ1) is 14.2. The lowest BCUT2D eigenvalue weighted by atomic mass is 10.1. The summed E-state index contributed by atoms with van der Waals surface area (Å²) < 4.78 is 0. The summed E-state index contributed by atoms with van der Waals surface area (Å²) in [4.78, 5) is 14.1. The zero-order chi connectivity index (χ0) is 13.8. The van der Waals surface area contributed by atoms with Gasteiger partial charge in [0.25, 0.3) is 5.91 Å². The second kappa shape index (κ2) is 6.27. The lowest BCUT2D eigenvalue weighted by Crippen LogP contribution is -2.39. The Morgan fingerprint density at radius 2 is 2.00 bits per heavy atom. The first-order valence-corrected chi connectivity index (χ1v) is 7.02. The molecule has 1 fully saturated rings. The van der Waals surface area contributed by atoms with E-state index in [2.05, 4.69) is 6.07 Å². The van der Waals surface area contributed by atoms with Gasteiger partial charge in [-0.1, -0.05) is 36.0 Å². The van der Waals surface area contributed by atoms with E-state index in [1.807, 2.05) is 0 Å². The molecule has 0 radical (unpaired) electrons. The van der Waals surface area contributed by atoms with Gasteiger partial charge >= 0.3 is 0 Å². The summed E-state index contributed by atoms with van der Waals surface area (Å²) in [5, 5.41) is 9.68. The van der Waals surface area contributed by atoms with Crippen LogP contribution in [0.15, 0.2) is 18.2 Å². The minimum atomic E-state index is -0.146. The van der Waals surface area contributed by atoms with Gasteiger partial charge in [-0.25, -0.2) is 0 Å². The van der Waals surface area contributed by atoms with E-state index < -0.39 is 0 Å². The van der Waals surface area contributed by atoms with Crippen molar-refractivity contribution in [2.75, 3.05) is 6.54 Å². The quantitative estimate of drug-likeness (QED) is 0.794. The predicted octanol–water partition coefficient (Wildman–Crippen LogP) is 3.90. The number of nitriles is 1. The SMILES string of the molecule is N#CCN(C(=O)c1ccc(Cl)c(Cl)c1)C1CCCC1. The Balaban J connectivity index is 2.23. The van der Waals surface area contributed by atoms with E-state index in [-0.39, 0.29) is 18.5 Å². The van der Waals surface area contributed by atoms with E-state index in [9.17, 15) is 4.79 Å². The van der Waals surface area contributed by atoms with E-state index in [1.54, 1.807) is 23.1 Å². The number of amides is 1. The second-order valence-corrected chi connectivity index (χ2v) is 5.47. The molecule has 0 aromatic heterocycles. The molecule has 1 saturated carbocycles. The van der Waals surface area contributed by atoms with Crippen LogP contribution in [0.4, 0.5) is 0 Å². The van der Waals surface area contributed by atoms with Crippen molar-refractivity contribution in [3.05, 3.63) is 33.8 Å². The molecule has 19 heavy (non-hydrogen) atoms. The highest BCUT2D eigenvalue weighted by molar-refractivity contribution is 6.42. The average molecular weight is 297 g/mol. The predicted molar refractivity (Wildman–Crippen MR) is 75.4 cm³/mol. The molecule has 0 unspecified atom stereocenters. The van der Waals surface area contributed by atoms with Gasteiger partial charge in [-0.3, -0.25) is 4.79 Å². The molecule has 1 aliphatic carbocycles. The molecule has 0 spiro atoms. The van der Waals surface area contributed by atoms with Gasteiger partial charge < -0.3 is 4.90 Å². The number of benzene rings is 1. The monoisotopic (exact) mass is 296 g/mol. The van der Waals surface area contributed by atoms with Gasteiger partial charge in [0.15, 0.2) is 0 Å². The summed E-state index contributed by atoms with van der Waals surface area (Å²) in [6.07, 6.45) is 4.16. The summed E-state index contributed by atoms with van der Waals surface area (Å²) >= 11 is 11.8. The van der Waals surface area contributed by atoms with E-state index >= 15 is 0 Å². The van der Waals surface area contributed by atoms with E-state index in [0.29, 0.717) is 15.6 Å². The van der Waals surface area contributed by atoms with Crippen LogP contribution in [0.2, 0.25) is 10.0 Å². The molecule has 100 valence electrons. The van der Waals surface area contributed by atoms with Crippen LogP contribution in [0, 0.1) is 11.3 Å². The Hall–Kier alpha value is -1.24. The molecular formula is C14H14Cl2N2O. The van der Waals surface area contributed by atoms with Crippen molar-refractivity contribution in [1.29, 1.82) is 5.26 Å². The lowest BCUT2D eigenvalue weighted by molar-refractivity contribution is 0.0709. The Labute approximate surface area is 122 Å². The highest BCUT2D eigenvalue weighted by Gasteiger charge is 2.27. The first-order valence-electron chi connectivity index (χ1n) is 6.26. The molecular weight excluding hydrogens is 283 g/mol. The number of carbonyl (C=O) groups excluding carboxylic acids is 1. The maximum atomic E-state index is 12.5. The Morgan fingerprint density at radius 1 is 1.32 bits per heavy atom. The Morgan fingerprint density at radius 3 is 2.58 bits per heavy atom. The Bertz CT molecular complexity index is 519. The van der Waals surface area contributed by atoms with Crippen molar-refractivity contribution >= 4 is 29.1 Å². The molecule has 1 aromatic rings. The second-order valence-electron chi connectivity index (χ2n) is 4.66. The summed E-state index contributed by atoms with van der Waals surface area (Å²) in [7, 11) is 0. The number of rotatable bonds is 3. The van der Waals surface area contributed by atoms with E-state index in [1.165, 1.54) is 0 Å². The van der Waals surface area contributed by atoms with Crippen molar-refractivity contribution in [1.82, 2.24) is 4.90 Å². The van der Waals surface area contributed by atoms with Crippen LogP contribution in [0.25, 0.3) is 0 Å². The molecule has 0 saturated heterocycles. The van der Waals surface area contributed by atoms with Crippen LogP contribution in [0.1, 0.15) is 36.0 Å². The zero-order valence-corrected chi connectivity index (χ0v) is 11.9. The van der Waals surface area contributed by atoms with Crippen LogP contribution in [0.5, 0.6) is 0 Å². The van der Waals surface area contributed by atoms with Crippen molar-refractivity contribution < 1.29 is 4.79 Å². The van der Waals surface area contributed by atoms with Gasteiger partial charge in [-0.15, -0.1) is 0 Å². The van der Waals surface area contributed by atoms with E-state index in [0.717, 1.165) is 25.7 Å². The number of hydrogen-bond acceptors (Lipinski definition) is 2. The maximum absolute atomic E-state index is 12.5. The highest BCUT2D eigenvalue weighted by atomic mass is 35.5. The third kappa shape index (κ3) is 3.20. The molecule has 0 aliphatic heterocycles. The fourth-order valence-corrected chi connectivity index (χ4v) is 2.75. The van der Waals surface area contributed by atoms with Gasteiger partial charge in [0.1, 0.15) is 6.54 Å². The standard InChI is InChI=1S/C14H14Cl2N2O/c15-12-6-5-10(9-13(12)16)14(19)18(8-7-17)11-3-1-2-4-11/h5-6,9,11H,1-4,8H2. The third-order valence-corrected chi connectivity index (χ3v) is 4.17. The zero-order valence-electron chi connectivity index (χ0n) is 10.4. The van der Waals surface area contributed by atoms with Gasteiger partial charge in [0.05, 0.1) is 16.1 Å². The molecule has 2 rings (SSSR count). The summed E-state index contributed by atoms with van der Waals surface area (Å²) in [6.45, 7) is 0.115. The number of halogens is 2. The fraction of sp³-hybridized carbons (Fsp3) is 0.429. The minimum absolute atomic E-state index is 0.115. The van der Waals surface area contributed by atoms with Crippen LogP contribution in [0.3, 0.4) is 0 Å². The molecule has 1 amide bonds. The van der Waals surface area contributed by atoms with Crippen molar-refractivity contribution in [3.8, 4) is 6.07 Å². The van der Waals surface area contributed by atoms with Gasteiger partial charge in [-0.2, -0.15) is 5.26 Å². The molecule has 0 atom stereocenters. The molecule has 5 heteroatoms. The third-order valence-electron chi connectivity index (χ3n) is 3.43. The van der Waals surface area contributed by atoms with Crippen LogP contribution in [-0.4, -0.2) is 23.4 Å². The van der Waals surface area contributed by atoms with Crippen molar-refractivity contribution in [2.45, 2.75) is 31.7 Å². The summed E-state index contributed by atoms with van der Waals surface area (Å²) in [5.41, 5.74) is 0.483. The lowest BCUT2D eigenvalue weighted by Gasteiger charge is -2.26. The number of hydrogen-bond donors (Lipinski definition) is 0. The summed E-state index contributed by atoms with van der Waals surface area (Å²) in [5.74, 6) is -0.146. The molecule has 0 bridgehead atoms. The molecule has 1 aromatic carbocycles. The smallest absolute Gasteiger partial charge is 0.255 e. The van der Waals surface area contributed by atoms with Crippen molar-refractivity contribution in [3.63, 3.8) is 0 Å². The normalized spacial score (nSPS) is 15.2. The minimum Gasteiger partial charge on any atom is -0.322 e. The van der Waals surface area contributed by atoms with Crippen LogP contribution >= 0.6 is 23.2 Å². The molecule has 0 N–H and O–H groups in total.